The fourth-order valence-electron chi connectivity index (χ4n) is 2.65. The van der Waals surface area contributed by atoms with Crippen LogP contribution >= 0.6 is 11.3 Å². The Morgan fingerprint density at radius 1 is 1.28 bits per heavy atom. The molecule has 0 aliphatic carbocycles. The number of thiophene rings is 1. The molecule has 1 aliphatic heterocycles. The van der Waals surface area contributed by atoms with Crippen molar-refractivity contribution in [2.45, 2.75) is 25.7 Å². The monoisotopic (exact) mass is 259 g/mol. The number of carbonyl (C=O) groups is 1. The van der Waals surface area contributed by atoms with Crippen molar-refractivity contribution in [3.05, 3.63) is 35.2 Å². The van der Waals surface area contributed by atoms with Crippen molar-refractivity contribution >= 4 is 27.3 Å². The van der Waals surface area contributed by atoms with Gasteiger partial charge in [0.2, 0.25) is 5.91 Å². The van der Waals surface area contributed by atoms with Gasteiger partial charge in [-0.15, -0.1) is 11.3 Å². The average molecular weight is 259 g/mol. The Balaban J connectivity index is 1.85. The predicted octanol–water partition coefficient (Wildman–Crippen LogP) is 3.36. The number of hydrogen-bond acceptors (Lipinski definition) is 2. The SMILES string of the molecule is O=C1NCCCCC1Cc1csc2ccccc12. The topological polar surface area (TPSA) is 29.1 Å². The molecule has 0 spiro atoms. The summed E-state index contributed by atoms with van der Waals surface area (Å²) in [6, 6.07) is 8.46. The Labute approximate surface area is 111 Å². The van der Waals surface area contributed by atoms with Gasteiger partial charge in [0, 0.05) is 17.2 Å². The van der Waals surface area contributed by atoms with Crippen LogP contribution in [0, 0.1) is 5.92 Å². The van der Waals surface area contributed by atoms with Crippen LogP contribution in [0.2, 0.25) is 0 Å². The highest BCUT2D eigenvalue weighted by atomic mass is 32.1. The third-order valence-electron chi connectivity index (χ3n) is 3.68. The maximum atomic E-state index is 12.0. The molecule has 0 saturated carbocycles. The second-order valence-electron chi connectivity index (χ2n) is 4.94. The second-order valence-corrected chi connectivity index (χ2v) is 5.86. The molecule has 1 fully saturated rings. The molecular weight excluding hydrogens is 242 g/mol. The molecule has 1 unspecified atom stereocenters. The van der Waals surface area contributed by atoms with Gasteiger partial charge in [-0.1, -0.05) is 24.6 Å². The Bertz CT molecular complexity index is 560. The lowest BCUT2D eigenvalue weighted by Gasteiger charge is -2.12. The van der Waals surface area contributed by atoms with Gasteiger partial charge in [0.15, 0.2) is 0 Å². The molecule has 2 nitrogen and oxygen atoms in total. The minimum atomic E-state index is 0.158. The van der Waals surface area contributed by atoms with Crippen molar-refractivity contribution < 1.29 is 4.79 Å². The average Bonchev–Trinajstić information content (AvgIpc) is 2.69. The van der Waals surface area contributed by atoms with Gasteiger partial charge < -0.3 is 5.32 Å². The fraction of sp³-hybridized carbons (Fsp3) is 0.400. The number of rotatable bonds is 2. The Morgan fingerprint density at radius 2 is 2.17 bits per heavy atom. The van der Waals surface area contributed by atoms with Gasteiger partial charge in [0.25, 0.3) is 0 Å². The number of hydrogen-bond donors (Lipinski definition) is 1. The minimum Gasteiger partial charge on any atom is -0.356 e. The lowest BCUT2D eigenvalue weighted by molar-refractivity contribution is -0.124. The lowest BCUT2D eigenvalue weighted by Crippen LogP contribution is -2.29. The molecule has 3 rings (SSSR count). The zero-order valence-corrected chi connectivity index (χ0v) is 11.1. The molecule has 1 aromatic carbocycles. The molecule has 1 aliphatic rings. The molecule has 1 amide bonds. The first-order valence-electron chi connectivity index (χ1n) is 6.57. The lowest BCUT2D eigenvalue weighted by atomic mass is 9.94. The van der Waals surface area contributed by atoms with Crippen molar-refractivity contribution in [2.75, 3.05) is 6.54 Å². The van der Waals surface area contributed by atoms with Crippen molar-refractivity contribution in [1.82, 2.24) is 5.32 Å². The third kappa shape index (κ3) is 2.27. The highest BCUT2D eigenvalue weighted by molar-refractivity contribution is 7.17. The summed E-state index contributed by atoms with van der Waals surface area (Å²) in [6.45, 7) is 0.847. The Kier molecular flexibility index (Phi) is 3.33. The molecule has 3 heteroatoms. The smallest absolute Gasteiger partial charge is 0.223 e. The molecular formula is C15H17NOS. The third-order valence-corrected chi connectivity index (χ3v) is 4.69. The van der Waals surface area contributed by atoms with E-state index in [0.29, 0.717) is 0 Å². The molecule has 94 valence electrons. The van der Waals surface area contributed by atoms with E-state index in [4.69, 9.17) is 0 Å². The summed E-state index contributed by atoms with van der Waals surface area (Å²) in [5.41, 5.74) is 1.33. The van der Waals surface area contributed by atoms with E-state index in [0.717, 1.165) is 32.2 Å². The Hall–Kier alpha value is -1.35. The number of amides is 1. The van der Waals surface area contributed by atoms with Crippen LogP contribution in [-0.2, 0) is 11.2 Å². The number of benzene rings is 1. The normalized spacial score (nSPS) is 20.7. The van der Waals surface area contributed by atoms with E-state index in [1.807, 2.05) is 0 Å². The molecule has 1 saturated heterocycles. The van der Waals surface area contributed by atoms with Crippen LogP contribution in [-0.4, -0.2) is 12.5 Å². The van der Waals surface area contributed by atoms with E-state index >= 15 is 0 Å². The van der Waals surface area contributed by atoms with Crippen molar-refractivity contribution in [3.8, 4) is 0 Å². The van der Waals surface area contributed by atoms with Gasteiger partial charge in [-0.25, -0.2) is 0 Å². The van der Waals surface area contributed by atoms with E-state index in [-0.39, 0.29) is 11.8 Å². The summed E-state index contributed by atoms with van der Waals surface area (Å²) in [4.78, 5) is 12.0. The molecule has 2 heterocycles. The fourth-order valence-corrected chi connectivity index (χ4v) is 3.63. The Morgan fingerprint density at radius 3 is 3.11 bits per heavy atom. The van der Waals surface area contributed by atoms with Crippen LogP contribution in [0.15, 0.2) is 29.6 Å². The number of nitrogens with one attached hydrogen (secondary N) is 1. The van der Waals surface area contributed by atoms with Crippen LogP contribution in [0.1, 0.15) is 24.8 Å². The minimum absolute atomic E-state index is 0.158. The van der Waals surface area contributed by atoms with Crippen LogP contribution in [0.4, 0.5) is 0 Å². The highest BCUT2D eigenvalue weighted by Gasteiger charge is 2.21. The van der Waals surface area contributed by atoms with E-state index in [1.54, 1.807) is 11.3 Å². The number of fused-ring (bicyclic) bond motifs is 1. The highest BCUT2D eigenvalue weighted by Crippen LogP contribution is 2.29. The predicted molar refractivity (Wildman–Crippen MR) is 75.9 cm³/mol. The molecule has 18 heavy (non-hydrogen) atoms. The van der Waals surface area contributed by atoms with Crippen molar-refractivity contribution in [1.29, 1.82) is 0 Å². The zero-order chi connectivity index (χ0) is 12.4. The van der Waals surface area contributed by atoms with Gasteiger partial charge in [-0.2, -0.15) is 0 Å². The standard InChI is InChI=1S/C15H17NOS/c17-15-11(5-3-4-8-16-15)9-12-10-18-14-7-2-1-6-13(12)14/h1-2,6-7,10-11H,3-5,8-9H2,(H,16,17). The largest absolute Gasteiger partial charge is 0.356 e. The quantitative estimate of drug-likeness (QED) is 0.880. The van der Waals surface area contributed by atoms with Crippen molar-refractivity contribution in [2.24, 2.45) is 5.92 Å². The van der Waals surface area contributed by atoms with Crippen LogP contribution < -0.4 is 5.32 Å². The molecule has 2 aromatic rings. The maximum Gasteiger partial charge on any atom is 0.223 e. The first-order valence-corrected chi connectivity index (χ1v) is 7.45. The molecule has 0 bridgehead atoms. The molecule has 1 atom stereocenters. The van der Waals surface area contributed by atoms with Gasteiger partial charge >= 0.3 is 0 Å². The van der Waals surface area contributed by atoms with Gasteiger partial charge in [0.05, 0.1) is 0 Å². The first-order chi connectivity index (χ1) is 8.84. The van der Waals surface area contributed by atoms with E-state index in [1.165, 1.54) is 15.6 Å². The summed E-state index contributed by atoms with van der Waals surface area (Å²) in [6.07, 6.45) is 4.18. The second kappa shape index (κ2) is 5.11. The van der Waals surface area contributed by atoms with E-state index < -0.39 is 0 Å². The summed E-state index contributed by atoms with van der Waals surface area (Å²) in [5.74, 6) is 0.397. The summed E-state index contributed by atoms with van der Waals surface area (Å²) >= 11 is 1.78. The number of carbonyl (C=O) groups excluding carboxylic acids is 1. The molecule has 1 N–H and O–H groups in total. The van der Waals surface area contributed by atoms with E-state index in [9.17, 15) is 4.79 Å². The summed E-state index contributed by atoms with van der Waals surface area (Å²) in [7, 11) is 0. The summed E-state index contributed by atoms with van der Waals surface area (Å²) < 4.78 is 1.32. The van der Waals surface area contributed by atoms with Crippen molar-refractivity contribution in [3.63, 3.8) is 0 Å². The molecule has 0 radical (unpaired) electrons. The van der Waals surface area contributed by atoms with Crippen LogP contribution in [0.5, 0.6) is 0 Å². The maximum absolute atomic E-state index is 12.0. The zero-order valence-electron chi connectivity index (χ0n) is 10.3. The first kappa shape index (κ1) is 11.7. The van der Waals surface area contributed by atoms with Gasteiger partial charge in [0.1, 0.15) is 0 Å². The van der Waals surface area contributed by atoms with Crippen LogP contribution in [0.25, 0.3) is 10.1 Å². The van der Waals surface area contributed by atoms with Gasteiger partial charge in [-0.05, 0) is 41.7 Å². The molecule has 1 aromatic heterocycles. The summed E-state index contributed by atoms with van der Waals surface area (Å²) in [5, 5.41) is 6.55. The van der Waals surface area contributed by atoms with E-state index in [2.05, 4.69) is 35.0 Å². The van der Waals surface area contributed by atoms with Gasteiger partial charge in [-0.3, -0.25) is 4.79 Å². The van der Waals surface area contributed by atoms with Crippen LogP contribution in [0.3, 0.4) is 0 Å².